The molecule has 0 aromatic heterocycles. The van der Waals surface area contributed by atoms with E-state index >= 15 is 0 Å². The molecule has 0 saturated heterocycles. The molecule has 4 rings (SSSR count). The third kappa shape index (κ3) is 2.73. The number of carbonyl (C=O) groups is 1. The van der Waals surface area contributed by atoms with Crippen LogP contribution in [-0.4, -0.2) is 27.3 Å². The van der Waals surface area contributed by atoms with Crippen molar-refractivity contribution in [3.05, 3.63) is 64.7 Å². The van der Waals surface area contributed by atoms with Gasteiger partial charge in [0.05, 0.1) is 32.9 Å². The summed E-state index contributed by atoms with van der Waals surface area (Å²) in [6.07, 6.45) is 5.51. The Morgan fingerprint density at radius 3 is 2.61 bits per heavy atom. The van der Waals surface area contributed by atoms with E-state index in [1.54, 1.807) is 14.2 Å². The molecular formula is C23H25NO4. The number of anilines is 1. The van der Waals surface area contributed by atoms with Gasteiger partial charge in [0.25, 0.3) is 0 Å². The Morgan fingerprint density at radius 2 is 1.89 bits per heavy atom. The molecule has 2 aliphatic rings. The molecule has 0 saturated carbocycles. The lowest BCUT2D eigenvalue weighted by Crippen LogP contribution is -2.30. The van der Waals surface area contributed by atoms with Crippen molar-refractivity contribution >= 4 is 11.7 Å². The molecule has 1 aliphatic heterocycles. The van der Waals surface area contributed by atoms with E-state index in [9.17, 15) is 4.79 Å². The van der Waals surface area contributed by atoms with Gasteiger partial charge in [-0.05, 0) is 42.5 Å². The number of para-hydroxylation sites is 1. The molecule has 0 fully saturated rings. The van der Waals surface area contributed by atoms with Crippen LogP contribution in [0.3, 0.4) is 0 Å². The highest BCUT2D eigenvalue weighted by Crippen LogP contribution is 2.53. The number of fused-ring (bicyclic) bond motifs is 3. The molecule has 146 valence electrons. The van der Waals surface area contributed by atoms with Crippen molar-refractivity contribution in [1.82, 2.24) is 0 Å². The average Bonchev–Trinajstić information content (AvgIpc) is 3.22. The monoisotopic (exact) mass is 379 g/mol. The van der Waals surface area contributed by atoms with Gasteiger partial charge in [-0.15, -0.1) is 0 Å². The topological polar surface area (TPSA) is 56.8 Å². The minimum atomic E-state index is -0.318. The van der Waals surface area contributed by atoms with Crippen molar-refractivity contribution in [2.75, 3.05) is 26.6 Å². The van der Waals surface area contributed by atoms with Crippen LogP contribution < -0.4 is 14.8 Å². The third-order valence-corrected chi connectivity index (χ3v) is 5.97. The molecule has 1 N–H and O–H groups in total. The van der Waals surface area contributed by atoms with Gasteiger partial charge < -0.3 is 19.5 Å². The smallest absolute Gasteiger partial charge is 0.338 e. The normalized spacial score (nSPS) is 22.1. The van der Waals surface area contributed by atoms with Crippen molar-refractivity contribution in [2.24, 2.45) is 5.92 Å². The molecule has 2 aromatic carbocycles. The van der Waals surface area contributed by atoms with Crippen LogP contribution in [0, 0.1) is 12.8 Å². The van der Waals surface area contributed by atoms with Gasteiger partial charge in [-0.3, -0.25) is 0 Å². The Bertz CT molecular complexity index is 950. The van der Waals surface area contributed by atoms with E-state index in [-0.39, 0.29) is 12.0 Å². The first-order valence-corrected chi connectivity index (χ1v) is 9.46. The highest BCUT2D eigenvalue weighted by atomic mass is 16.5. The third-order valence-electron chi connectivity index (χ3n) is 5.97. The van der Waals surface area contributed by atoms with Crippen LogP contribution in [0.15, 0.2) is 42.5 Å². The van der Waals surface area contributed by atoms with E-state index in [1.807, 2.05) is 31.2 Å². The molecule has 0 radical (unpaired) electrons. The zero-order valence-electron chi connectivity index (χ0n) is 16.6. The standard InChI is InChI=1S/C23H25NO4/c1-13-14(23(25)28-4)11-12-17-15-7-5-8-16(15)21(24-20(13)17)18-9-6-10-19(26-2)22(18)27-3/h5-7,9-12,15-16,21,24H,8H2,1-4H3/t15-,16-,21-/m0/s1. The molecule has 28 heavy (non-hydrogen) atoms. The maximum Gasteiger partial charge on any atom is 0.338 e. The fourth-order valence-corrected chi connectivity index (χ4v) is 4.61. The second-order valence-electron chi connectivity index (χ2n) is 7.25. The van der Waals surface area contributed by atoms with Crippen LogP contribution in [0.1, 0.15) is 45.4 Å². The Morgan fingerprint density at radius 1 is 1.07 bits per heavy atom. The lowest BCUT2D eigenvalue weighted by Gasteiger charge is -2.39. The lowest BCUT2D eigenvalue weighted by atomic mass is 9.75. The number of hydrogen-bond acceptors (Lipinski definition) is 5. The Balaban J connectivity index is 1.85. The number of ether oxygens (including phenoxy) is 3. The number of benzene rings is 2. The fourth-order valence-electron chi connectivity index (χ4n) is 4.61. The van der Waals surface area contributed by atoms with Crippen molar-refractivity contribution in [3.8, 4) is 11.5 Å². The van der Waals surface area contributed by atoms with Gasteiger partial charge in [-0.25, -0.2) is 4.79 Å². The molecule has 5 heteroatoms. The average molecular weight is 379 g/mol. The van der Waals surface area contributed by atoms with Crippen LogP contribution in [0.25, 0.3) is 0 Å². The number of methoxy groups -OCH3 is 3. The van der Waals surface area contributed by atoms with Crippen molar-refractivity contribution in [3.63, 3.8) is 0 Å². The van der Waals surface area contributed by atoms with Gasteiger partial charge in [-0.2, -0.15) is 0 Å². The van der Waals surface area contributed by atoms with Crippen LogP contribution in [0.2, 0.25) is 0 Å². The summed E-state index contributed by atoms with van der Waals surface area (Å²) < 4.78 is 16.2. The summed E-state index contributed by atoms with van der Waals surface area (Å²) in [5, 5.41) is 3.72. The Labute approximate surface area is 165 Å². The Kier molecular flexibility index (Phi) is 4.75. The molecule has 0 bridgehead atoms. The molecule has 0 amide bonds. The second kappa shape index (κ2) is 7.23. The first-order chi connectivity index (χ1) is 13.6. The van der Waals surface area contributed by atoms with Gasteiger partial charge >= 0.3 is 5.97 Å². The second-order valence-corrected chi connectivity index (χ2v) is 7.25. The highest BCUT2D eigenvalue weighted by Gasteiger charge is 2.40. The number of carbonyl (C=O) groups excluding carboxylic acids is 1. The minimum Gasteiger partial charge on any atom is -0.493 e. The SMILES string of the molecule is COC(=O)c1ccc2c(c1C)N[C@H](c1cccc(OC)c1OC)[C@H]1CC=C[C@H]21. The molecule has 2 aromatic rings. The van der Waals surface area contributed by atoms with Gasteiger partial charge in [0, 0.05) is 17.2 Å². The summed E-state index contributed by atoms with van der Waals surface area (Å²) in [6.45, 7) is 1.97. The summed E-state index contributed by atoms with van der Waals surface area (Å²) in [5.74, 6) is 1.81. The summed E-state index contributed by atoms with van der Waals surface area (Å²) >= 11 is 0. The quantitative estimate of drug-likeness (QED) is 0.620. The van der Waals surface area contributed by atoms with E-state index in [0.717, 1.165) is 34.7 Å². The zero-order chi connectivity index (χ0) is 19.8. The van der Waals surface area contributed by atoms with Crippen LogP contribution in [-0.2, 0) is 4.74 Å². The number of hydrogen-bond donors (Lipinski definition) is 1. The lowest BCUT2D eigenvalue weighted by molar-refractivity contribution is 0.0600. The van der Waals surface area contributed by atoms with Gasteiger partial charge in [-0.1, -0.05) is 30.4 Å². The van der Waals surface area contributed by atoms with Crippen LogP contribution in [0.4, 0.5) is 5.69 Å². The molecule has 3 atom stereocenters. The molecule has 1 heterocycles. The zero-order valence-corrected chi connectivity index (χ0v) is 16.6. The van der Waals surface area contributed by atoms with Crippen molar-refractivity contribution in [1.29, 1.82) is 0 Å². The van der Waals surface area contributed by atoms with Crippen LogP contribution >= 0.6 is 0 Å². The molecule has 5 nitrogen and oxygen atoms in total. The van der Waals surface area contributed by atoms with Gasteiger partial charge in [0.15, 0.2) is 11.5 Å². The van der Waals surface area contributed by atoms with E-state index in [2.05, 4.69) is 23.5 Å². The van der Waals surface area contributed by atoms with Crippen LogP contribution in [0.5, 0.6) is 11.5 Å². The number of allylic oxidation sites excluding steroid dienone is 2. The summed E-state index contributed by atoms with van der Waals surface area (Å²) in [6, 6.07) is 9.95. The predicted molar refractivity (Wildman–Crippen MR) is 108 cm³/mol. The molecule has 0 spiro atoms. The van der Waals surface area contributed by atoms with Crippen molar-refractivity contribution < 1.29 is 19.0 Å². The Hall–Kier alpha value is -2.95. The molecule has 0 unspecified atom stereocenters. The summed E-state index contributed by atoms with van der Waals surface area (Å²) in [7, 11) is 4.73. The van der Waals surface area contributed by atoms with Crippen molar-refractivity contribution in [2.45, 2.75) is 25.3 Å². The number of esters is 1. The first-order valence-electron chi connectivity index (χ1n) is 9.46. The van der Waals surface area contributed by atoms with E-state index in [0.29, 0.717) is 17.4 Å². The highest BCUT2D eigenvalue weighted by molar-refractivity contribution is 5.93. The van der Waals surface area contributed by atoms with Gasteiger partial charge in [0.1, 0.15) is 0 Å². The summed E-state index contributed by atoms with van der Waals surface area (Å²) in [4.78, 5) is 12.2. The maximum absolute atomic E-state index is 12.2. The largest absolute Gasteiger partial charge is 0.493 e. The maximum atomic E-state index is 12.2. The predicted octanol–water partition coefficient (Wildman–Crippen LogP) is 4.63. The number of nitrogens with one attached hydrogen (secondary N) is 1. The van der Waals surface area contributed by atoms with E-state index < -0.39 is 0 Å². The fraction of sp³-hybridized carbons (Fsp3) is 0.348. The molecular weight excluding hydrogens is 354 g/mol. The van der Waals surface area contributed by atoms with Gasteiger partial charge in [0.2, 0.25) is 0 Å². The minimum absolute atomic E-state index is 0.0455. The molecule has 1 aliphatic carbocycles. The summed E-state index contributed by atoms with van der Waals surface area (Å²) in [5.41, 5.74) is 4.79. The van der Waals surface area contributed by atoms with E-state index in [1.165, 1.54) is 12.7 Å². The first kappa shape index (κ1) is 18.4. The van der Waals surface area contributed by atoms with E-state index in [4.69, 9.17) is 14.2 Å². The number of rotatable bonds is 4.